The molecule has 1 aliphatic heterocycles. The van der Waals surface area contributed by atoms with Crippen LogP contribution in [0.1, 0.15) is 34.7 Å². The van der Waals surface area contributed by atoms with Crippen LogP contribution < -0.4 is 10.2 Å². The van der Waals surface area contributed by atoms with Crippen LogP contribution in [-0.4, -0.2) is 57.1 Å². The maximum absolute atomic E-state index is 13.0. The molecular formula is C21H23N7O2. The summed E-state index contributed by atoms with van der Waals surface area (Å²) in [6.45, 7) is 2.64. The van der Waals surface area contributed by atoms with Gasteiger partial charge in [0.1, 0.15) is 29.5 Å². The molecule has 4 heterocycles. The molecular weight excluding hydrogens is 382 g/mol. The molecule has 0 bridgehead atoms. The zero-order valence-corrected chi connectivity index (χ0v) is 16.6. The number of hydrogen-bond donors (Lipinski definition) is 1. The lowest BCUT2D eigenvalue weighted by Crippen LogP contribution is -2.49. The van der Waals surface area contributed by atoms with Crippen molar-refractivity contribution in [2.75, 3.05) is 36.4 Å². The Hall–Kier alpha value is -3.49. The second kappa shape index (κ2) is 8.10. The molecule has 0 unspecified atom stereocenters. The Balaban J connectivity index is 1.23. The number of piperazine rings is 1. The smallest absolute Gasteiger partial charge is 0.276 e. The first kappa shape index (κ1) is 18.5. The van der Waals surface area contributed by atoms with Crippen LogP contribution in [0.15, 0.2) is 41.3 Å². The molecule has 3 aromatic rings. The summed E-state index contributed by atoms with van der Waals surface area (Å²) in [5.41, 5.74) is 1.51. The average Bonchev–Trinajstić information content (AvgIpc) is 3.24. The number of aromatic nitrogens is 4. The van der Waals surface area contributed by atoms with Crippen molar-refractivity contribution in [3.63, 3.8) is 0 Å². The summed E-state index contributed by atoms with van der Waals surface area (Å²) >= 11 is 0. The van der Waals surface area contributed by atoms with Crippen molar-refractivity contribution in [1.82, 2.24) is 25.0 Å². The number of amides is 1. The third-order valence-electron chi connectivity index (χ3n) is 5.62. The summed E-state index contributed by atoms with van der Waals surface area (Å²) in [4.78, 5) is 29.9. The van der Waals surface area contributed by atoms with Gasteiger partial charge in [-0.2, -0.15) is 0 Å². The molecule has 1 amide bonds. The Labute approximate surface area is 174 Å². The van der Waals surface area contributed by atoms with Crippen molar-refractivity contribution in [1.29, 1.82) is 0 Å². The molecule has 0 atom stereocenters. The van der Waals surface area contributed by atoms with Crippen molar-refractivity contribution in [3.8, 4) is 0 Å². The Kier molecular flexibility index (Phi) is 5.00. The van der Waals surface area contributed by atoms with Crippen molar-refractivity contribution in [2.24, 2.45) is 0 Å². The number of hydrogen-bond acceptors (Lipinski definition) is 8. The number of nitrogens with one attached hydrogen (secondary N) is 1. The highest BCUT2D eigenvalue weighted by Crippen LogP contribution is 2.26. The fraction of sp³-hybridized carbons (Fsp3) is 0.381. The third kappa shape index (κ3) is 3.70. The number of pyridine rings is 1. The minimum absolute atomic E-state index is 0.0262. The number of nitrogens with zero attached hydrogens (tertiary/aromatic N) is 6. The van der Waals surface area contributed by atoms with Gasteiger partial charge in [-0.1, -0.05) is 11.2 Å². The quantitative estimate of drug-likeness (QED) is 0.706. The maximum atomic E-state index is 13.0. The second-order valence-corrected chi connectivity index (χ2v) is 7.52. The van der Waals surface area contributed by atoms with Crippen molar-refractivity contribution < 1.29 is 9.32 Å². The van der Waals surface area contributed by atoms with Crippen LogP contribution in [0.3, 0.4) is 0 Å². The van der Waals surface area contributed by atoms with Crippen LogP contribution in [-0.2, 0) is 12.8 Å². The van der Waals surface area contributed by atoms with E-state index in [1.165, 1.54) is 0 Å². The Morgan fingerprint density at radius 2 is 1.87 bits per heavy atom. The Bertz CT molecular complexity index is 1030. The van der Waals surface area contributed by atoms with Crippen molar-refractivity contribution in [3.05, 3.63) is 53.8 Å². The number of fused-ring (bicyclic) bond motifs is 1. The molecule has 0 saturated carbocycles. The minimum atomic E-state index is -0.0262. The first-order valence-corrected chi connectivity index (χ1v) is 10.3. The average molecular weight is 405 g/mol. The fourth-order valence-electron chi connectivity index (χ4n) is 4.00. The lowest BCUT2D eigenvalue weighted by Gasteiger charge is -2.35. The van der Waals surface area contributed by atoms with E-state index in [0.29, 0.717) is 37.7 Å². The molecule has 30 heavy (non-hydrogen) atoms. The van der Waals surface area contributed by atoms with Gasteiger partial charge in [0, 0.05) is 50.4 Å². The fourth-order valence-corrected chi connectivity index (χ4v) is 4.00. The zero-order chi connectivity index (χ0) is 20.3. The molecule has 1 N–H and O–H groups in total. The summed E-state index contributed by atoms with van der Waals surface area (Å²) in [6.07, 6.45) is 7.22. The standard InChI is InChI=1S/C21H23N7O2/c29-21(20-15-5-1-2-6-16(15)30-26-20)28-11-9-27(10-12-28)19-13-18(23-14-24-19)25-17-7-3-4-8-22-17/h3-4,7-8,13-14H,1-2,5-6,9-12H2,(H,22,23,24,25). The number of aryl methyl sites for hydroxylation is 1. The van der Waals surface area contributed by atoms with Gasteiger partial charge in [0.15, 0.2) is 5.69 Å². The van der Waals surface area contributed by atoms with Crippen LogP contribution in [0.2, 0.25) is 0 Å². The number of carbonyl (C=O) groups excluding carboxylic acids is 1. The molecule has 0 aromatic carbocycles. The molecule has 1 saturated heterocycles. The van der Waals surface area contributed by atoms with E-state index in [9.17, 15) is 4.79 Å². The molecule has 5 rings (SSSR count). The molecule has 9 heteroatoms. The summed E-state index contributed by atoms with van der Waals surface area (Å²) < 4.78 is 5.41. The molecule has 1 fully saturated rings. The van der Waals surface area contributed by atoms with Crippen molar-refractivity contribution in [2.45, 2.75) is 25.7 Å². The highest BCUT2D eigenvalue weighted by Gasteiger charge is 2.29. The van der Waals surface area contributed by atoms with E-state index in [-0.39, 0.29) is 5.91 Å². The van der Waals surface area contributed by atoms with E-state index in [4.69, 9.17) is 4.52 Å². The van der Waals surface area contributed by atoms with Crippen LogP contribution in [0, 0.1) is 0 Å². The summed E-state index contributed by atoms with van der Waals surface area (Å²) in [6, 6.07) is 7.57. The Morgan fingerprint density at radius 3 is 2.70 bits per heavy atom. The molecule has 0 radical (unpaired) electrons. The highest BCUT2D eigenvalue weighted by atomic mass is 16.5. The van der Waals surface area contributed by atoms with Crippen LogP contribution in [0.4, 0.5) is 17.5 Å². The molecule has 2 aliphatic rings. The molecule has 0 spiro atoms. The van der Waals surface area contributed by atoms with E-state index in [2.05, 4.69) is 30.3 Å². The van der Waals surface area contributed by atoms with Gasteiger partial charge in [-0.25, -0.2) is 15.0 Å². The predicted octanol–water partition coefficient (Wildman–Crippen LogP) is 2.44. The van der Waals surface area contributed by atoms with Gasteiger partial charge in [-0.05, 0) is 31.4 Å². The summed E-state index contributed by atoms with van der Waals surface area (Å²) in [7, 11) is 0. The largest absolute Gasteiger partial charge is 0.360 e. The molecule has 9 nitrogen and oxygen atoms in total. The maximum Gasteiger partial charge on any atom is 0.276 e. The van der Waals surface area contributed by atoms with Gasteiger partial charge in [0.05, 0.1) is 0 Å². The van der Waals surface area contributed by atoms with Gasteiger partial charge in [0.25, 0.3) is 5.91 Å². The SMILES string of the molecule is O=C(c1noc2c1CCCC2)N1CCN(c2cc(Nc3ccccn3)ncn2)CC1. The van der Waals surface area contributed by atoms with Crippen LogP contribution in [0.5, 0.6) is 0 Å². The van der Waals surface area contributed by atoms with E-state index in [1.807, 2.05) is 29.2 Å². The van der Waals surface area contributed by atoms with Crippen LogP contribution >= 0.6 is 0 Å². The zero-order valence-electron chi connectivity index (χ0n) is 16.6. The Morgan fingerprint density at radius 1 is 1.00 bits per heavy atom. The lowest BCUT2D eigenvalue weighted by molar-refractivity contribution is 0.0735. The van der Waals surface area contributed by atoms with E-state index in [0.717, 1.165) is 48.6 Å². The predicted molar refractivity (Wildman–Crippen MR) is 111 cm³/mol. The van der Waals surface area contributed by atoms with E-state index >= 15 is 0 Å². The van der Waals surface area contributed by atoms with Gasteiger partial charge in [-0.3, -0.25) is 4.79 Å². The van der Waals surface area contributed by atoms with Gasteiger partial charge < -0.3 is 19.6 Å². The monoisotopic (exact) mass is 405 g/mol. The highest BCUT2D eigenvalue weighted by molar-refractivity contribution is 5.94. The lowest BCUT2D eigenvalue weighted by atomic mass is 9.96. The molecule has 3 aromatic heterocycles. The molecule has 154 valence electrons. The third-order valence-corrected chi connectivity index (χ3v) is 5.62. The van der Waals surface area contributed by atoms with E-state index in [1.54, 1.807) is 12.5 Å². The van der Waals surface area contributed by atoms with Gasteiger partial charge in [-0.15, -0.1) is 0 Å². The van der Waals surface area contributed by atoms with E-state index < -0.39 is 0 Å². The second-order valence-electron chi connectivity index (χ2n) is 7.52. The van der Waals surface area contributed by atoms with Gasteiger partial charge in [0.2, 0.25) is 0 Å². The topological polar surface area (TPSA) is 100 Å². The molecule has 1 aliphatic carbocycles. The van der Waals surface area contributed by atoms with Crippen LogP contribution in [0.25, 0.3) is 0 Å². The number of anilines is 3. The normalized spacial score (nSPS) is 16.3. The van der Waals surface area contributed by atoms with Crippen molar-refractivity contribution >= 4 is 23.4 Å². The number of carbonyl (C=O) groups is 1. The minimum Gasteiger partial charge on any atom is -0.360 e. The summed E-state index contributed by atoms with van der Waals surface area (Å²) in [5, 5.41) is 7.27. The first-order valence-electron chi connectivity index (χ1n) is 10.3. The summed E-state index contributed by atoms with van der Waals surface area (Å²) in [5.74, 6) is 3.10. The number of rotatable bonds is 4. The van der Waals surface area contributed by atoms with Gasteiger partial charge >= 0.3 is 0 Å². The first-order chi connectivity index (χ1) is 14.8.